The minimum absolute atomic E-state index is 0.0945. The van der Waals surface area contributed by atoms with Gasteiger partial charge in [0.15, 0.2) is 0 Å². The van der Waals surface area contributed by atoms with E-state index in [2.05, 4.69) is 26.9 Å². The predicted molar refractivity (Wildman–Crippen MR) is 94.4 cm³/mol. The number of aromatic nitrogens is 1. The molecule has 0 unspecified atom stereocenters. The molecule has 0 aromatic carbocycles. The van der Waals surface area contributed by atoms with Crippen molar-refractivity contribution >= 4 is 5.91 Å². The number of likely N-dealkylation sites (tertiary alicyclic amines) is 2. The Balaban J connectivity index is 1.43. The maximum atomic E-state index is 13.3. The summed E-state index contributed by atoms with van der Waals surface area (Å²) in [5.41, 5.74) is 1.21. The summed E-state index contributed by atoms with van der Waals surface area (Å²) in [5.74, 6) is 0.470. The van der Waals surface area contributed by atoms with Crippen LogP contribution in [0, 0.1) is 5.41 Å². The second-order valence-corrected chi connectivity index (χ2v) is 7.99. The summed E-state index contributed by atoms with van der Waals surface area (Å²) < 4.78 is 0. The first-order chi connectivity index (χ1) is 11.8. The highest BCUT2D eigenvalue weighted by atomic mass is 16.2. The van der Waals surface area contributed by atoms with Crippen LogP contribution in [0.25, 0.3) is 0 Å². The summed E-state index contributed by atoms with van der Waals surface area (Å²) in [6.07, 6.45) is 13.4. The summed E-state index contributed by atoms with van der Waals surface area (Å²) in [7, 11) is 0. The monoisotopic (exact) mass is 327 g/mol. The summed E-state index contributed by atoms with van der Waals surface area (Å²) in [6.45, 7) is 3.93. The fourth-order valence-electron chi connectivity index (χ4n) is 5.06. The molecule has 4 nitrogen and oxygen atoms in total. The van der Waals surface area contributed by atoms with Crippen molar-refractivity contribution in [2.45, 2.75) is 64.0 Å². The zero-order chi connectivity index (χ0) is 16.4. The van der Waals surface area contributed by atoms with Gasteiger partial charge in [0, 0.05) is 38.1 Å². The van der Waals surface area contributed by atoms with E-state index < -0.39 is 0 Å². The largest absolute Gasteiger partial charge is 0.339 e. The number of hydrogen-bond donors (Lipinski definition) is 0. The Hall–Kier alpha value is -1.42. The highest BCUT2D eigenvalue weighted by Crippen LogP contribution is 2.42. The van der Waals surface area contributed by atoms with E-state index in [4.69, 9.17) is 0 Å². The van der Waals surface area contributed by atoms with Gasteiger partial charge in [-0.05, 0) is 56.3 Å². The van der Waals surface area contributed by atoms with Gasteiger partial charge in [-0.25, -0.2) is 0 Å². The molecule has 3 aliphatic rings. The number of piperidine rings is 1. The Morgan fingerprint density at radius 3 is 2.62 bits per heavy atom. The predicted octanol–water partition coefficient (Wildman–Crippen LogP) is 3.23. The molecule has 1 spiro atoms. The van der Waals surface area contributed by atoms with Crippen LogP contribution in [0.15, 0.2) is 24.5 Å². The van der Waals surface area contributed by atoms with Crippen LogP contribution in [-0.2, 0) is 11.3 Å². The van der Waals surface area contributed by atoms with E-state index in [0.29, 0.717) is 11.9 Å². The summed E-state index contributed by atoms with van der Waals surface area (Å²) in [5, 5.41) is 0. The van der Waals surface area contributed by atoms with Crippen LogP contribution in [0.1, 0.15) is 56.9 Å². The third kappa shape index (κ3) is 3.08. The van der Waals surface area contributed by atoms with Gasteiger partial charge in [-0.15, -0.1) is 0 Å². The minimum Gasteiger partial charge on any atom is -0.339 e. The van der Waals surface area contributed by atoms with Gasteiger partial charge in [-0.1, -0.05) is 19.3 Å². The number of carbonyl (C=O) groups is 1. The maximum Gasteiger partial charge on any atom is 0.230 e. The molecular weight excluding hydrogens is 298 g/mol. The molecular formula is C20H29N3O. The molecule has 1 aliphatic carbocycles. The van der Waals surface area contributed by atoms with Gasteiger partial charge in [0.2, 0.25) is 5.91 Å². The van der Waals surface area contributed by atoms with Gasteiger partial charge in [0.25, 0.3) is 0 Å². The summed E-state index contributed by atoms with van der Waals surface area (Å²) >= 11 is 0. The fraction of sp³-hybridized carbons (Fsp3) is 0.700. The Labute approximate surface area is 145 Å². The highest BCUT2D eigenvalue weighted by Gasteiger charge is 2.49. The normalized spacial score (nSPS) is 29.5. The number of amides is 1. The molecule has 3 heterocycles. The minimum atomic E-state index is -0.0945. The van der Waals surface area contributed by atoms with Gasteiger partial charge < -0.3 is 4.90 Å². The second-order valence-electron chi connectivity index (χ2n) is 7.99. The molecule has 1 aromatic heterocycles. The van der Waals surface area contributed by atoms with E-state index in [-0.39, 0.29) is 5.41 Å². The zero-order valence-electron chi connectivity index (χ0n) is 14.6. The Morgan fingerprint density at radius 1 is 1.04 bits per heavy atom. The molecule has 4 rings (SSSR count). The lowest BCUT2D eigenvalue weighted by atomic mass is 9.77. The van der Waals surface area contributed by atoms with Crippen molar-refractivity contribution in [2.75, 3.05) is 19.6 Å². The van der Waals surface area contributed by atoms with Crippen LogP contribution >= 0.6 is 0 Å². The van der Waals surface area contributed by atoms with Crippen LogP contribution < -0.4 is 0 Å². The van der Waals surface area contributed by atoms with Gasteiger partial charge in [-0.3, -0.25) is 14.7 Å². The van der Waals surface area contributed by atoms with Crippen molar-refractivity contribution in [3.63, 3.8) is 0 Å². The molecule has 4 heteroatoms. The molecule has 1 aromatic rings. The van der Waals surface area contributed by atoms with Crippen molar-refractivity contribution in [3.05, 3.63) is 30.1 Å². The molecule has 2 saturated heterocycles. The average molecular weight is 327 g/mol. The van der Waals surface area contributed by atoms with Crippen molar-refractivity contribution in [3.8, 4) is 0 Å². The van der Waals surface area contributed by atoms with E-state index in [1.165, 1.54) is 44.1 Å². The van der Waals surface area contributed by atoms with Crippen molar-refractivity contribution in [2.24, 2.45) is 5.41 Å². The number of pyridine rings is 1. The van der Waals surface area contributed by atoms with Gasteiger partial charge >= 0.3 is 0 Å². The average Bonchev–Trinajstić information content (AvgIpc) is 3.03. The highest BCUT2D eigenvalue weighted by molar-refractivity contribution is 5.84. The van der Waals surface area contributed by atoms with Crippen molar-refractivity contribution < 1.29 is 4.79 Å². The molecule has 2 aliphatic heterocycles. The lowest BCUT2D eigenvalue weighted by Gasteiger charge is -2.44. The van der Waals surface area contributed by atoms with Crippen molar-refractivity contribution in [1.82, 2.24) is 14.8 Å². The Bertz CT molecular complexity index is 570. The SMILES string of the molecule is O=C1N(C2CCCCC2)CCC[C@]12CCN(Cc1ccncc1)C2. The standard InChI is InChI=1S/C20H29N3O/c24-19-20(9-4-13-23(19)18-5-2-1-3-6-18)10-14-22(16-20)15-17-7-11-21-12-8-17/h7-8,11-12,18H,1-6,9-10,13-16H2/t20-/m1/s1. The molecule has 0 N–H and O–H groups in total. The number of carbonyl (C=O) groups excluding carboxylic acids is 1. The van der Waals surface area contributed by atoms with E-state index >= 15 is 0 Å². The Morgan fingerprint density at radius 2 is 1.83 bits per heavy atom. The smallest absolute Gasteiger partial charge is 0.230 e. The first-order valence-electron chi connectivity index (χ1n) is 9.69. The van der Waals surface area contributed by atoms with Crippen LogP contribution in [0.5, 0.6) is 0 Å². The third-order valence-electron chi connectivity index (χ3n) is 6.37. The third-order valence-corrected chi connectivity index (χ3v) is 6.37. The molecule has 1 amide bonds. The van der Waals surface area contributed by atoms with Crippen LogP contribution in [0.3, 0.4) is 0 Å². The van der Waals surface area contributed by atoms with Crippen LogP contribution in [-0.4, -0.2) is 46.4 Å². The number of hydrogen-bond acceptors (Lipinski definition) is 3. The summed E-state index contributed by atoms with van der Waals surface area (Å²) in [6, 6.07) is 4.70. The molecule has 0 bridgehead atoms. The summed E-state index contributed by atoms with van der Waals surface area (Å²) in [4.78, 5) is 22.2. The van der Waals surface area contributed by atoms with Crippen LogP contribution in [0.2, 0.25) is 0 Å². The van der Waals surface area contributed by atoms with E-state index in [0.717, 1.165) is 39.0 Å². The molecule has 1 saturated carbocycles. The van der Waals surface area contributed by atoms with Crippen molar-refractivity contribution in [1.29, 1.82) is 0 Å². The second kappa shape index (κ2) is 6.83. The van der Waals surface area contributed by atoms with Gasteiger partial charge in [0.05, 0.1) is 5.41 Å². The van der Waals surface area contributed by atoms with E-state index in [1.807, 2.05) is 12.4 Å². The zero-order valence-corrected chi connectivity index (χ0v) is 14.6. The number of nitrogens with zero attached hydrogens (tertiary/aromatic N) is 3. The molecule has 1 atom stereocenters. The first kappa shape index (κ1) is 16.1. The molecule has 130 valence electrons. The van der Waals surface area contributed by atoms with E-state index in [9.17, 15) is 4.79 Å². The Kier molecular flexibility index (Phi) is 4.57. The number of rotatable bonds is 3. The van der Waals surface area contributed by atoms with Crippen LogP contribution in [0.4, 0.5) is 0 Å². The van der Waals surface area contributed by atoms with E-state index in [1.54, 1.807) is 0 Å². The van der Waals surface area contributed by atoms with Gasteiger partial charge in [0.1, 0.15) is 0 Å². The fourth-order valence-corrected chi connectivity index (χ4v) is 5.06. The topological polar surface area (TPSA) is 36.4 Å². The molecule has 24 heavy (non-hydrogen) atoms. The maximum absolute atomic E-state index is 13.3. The first-order valence-corrected chi connectivity index (χ1v) is 9.69. The quantitative estimate of drug-likeness (QED) is 0.855. The molecule has 3 fully saturated rings. The lowest BCUT2D eigenvalue weighted by molar-refractivity contribution is -0.149. The molecule has 0 radical (unpaired) electrons. The van der Waals surface area contributed by atoms with Gasteiger partial charge in [-0.2, -0.15) is 0 Å². The lowest BCUT2D eigenvalue weighted by Crippen LogP contribution is -2.54.